The van der Waals surface area contributed by atoms with Crippen molar-refractivity contribution < 1.29 is 0 Å². The molecular weight excluding hydrogens is 485 g/mol. The van der Waals surface area contributed by atoms with Gasteiger partial charge in [-0.15, -0.1) is 34.0 Å². The van der Waals surface area contributed by atoms with Gasteiger partial charge in [0, 0.05) is 41.5 Å². The Labute approximate surface area is 215 Å². The van der Waals surface area contributed by atoms with E-state index in [1.54, 1.807) is 11.3 Å². The zero-order chi connectivity index (χ0) is 23.4. The SMILES string of the molecule is Nc1ccccc1-c1ccc2c3ccccc3n(-c3ccc(-c4ccc(-c5cccs5)s4)s3)c2c1. The largest absolute Gasteiger partial charge is 0.398 e. The van der Waals surface area contributed by atoms with Crippen LogP contribution in [0.5, 0.6) is 0 Å². The van der Waals surface area contributed by atoms with Crippen molar-refractivity contribution in [3.05, 3.63) is 109 Å². The topological polar surface area (TPSA) is 30.9 Å². The zero-order valence-electron chi connectivity index (χ0n) is 18.6. The molecule has 0 bridgehead atoms. The van der Waals surface area contributed by atoms with Gasteiger partial charge in [-0.05, 0) is 59.5 Å². The third-order valence-corrected chi connectivity index (χ3v) is 9.79. The molecule has 3 aromatic carbocycles. The first kappa shape index (κ1) is 20.7. The van der Waals surface area contributed by atoms with Crippen LogP contribution in [0.2, 0.25) is 0 Å². The predicted molar refractivity (Wildman–Crippen MR) is 155 cm³/mol. The van der Waals surface area contributed by atoms with E-state index in [1.807, 2.05) is 40.9 Å². The lowest BCUT2D eigenvalue weighted by molar-refractivity contribution is 1.22. The first-order valence-corrected chi connectivity index (χ1v) is 13.9. The minimum Gasteiger partial charge on any atom is -0.398 e. The number of fused-ring (bicyclic) bond motifs is 3. The smallest absolute Gasteiger partial charge is 0.101 e. The van der Waals surface area contributed by atoms with Crippen LogP contribution in [0.1, 0.15) is 0 Å². The van der Waals surface area contributed by atoms with E-state index in [0.29, 0.717) is 0 Å². The number of hydrogen-bond donors (Lipinski definition) is 1. The van der Waals surface area contributed by atoms with Crippen LogP contribution >= 0.6 is 34.0 Å². The highest BCUT2D eigenvalue weighted by molar-refractivity contribution is 7.26. The second-order valence-corrected chi connectivity index (χ2v) is 11.5. The first-order chi connectivity index (χ1) is 17.3. The maximum atomic E-state index is 6.32. The van der Waals surface area contributed by atoms with E-state index in [2.05, 4.69) is 94.9 Å². The molecule has 0 fully saturated rings. The minimum atomic E-state index is 0.798. The third kappa shape index (κ3) is 3.43. The van der Waals surface area contributed by atoms with Crippen LogP contribution < -0.4 is 5.73 Å². The highest BCUT2D eigenvalue weighted by Crippen LogP contribution is 2.42. The summed E-state index contributed by atoms with van der Waals surface area (Å²) >= 11 is 5.49. The van der Waals surface area contributed by atoms with Gasteiger partial charge in [0.1, 0.15) is 5.00 Å². The fourth-order valence-electron chi connectivity index (χ4n) is 4.74. The third-order valence-electron chi connectivity index (χ3n) is 6.37. The van der Waals surface area contributed by atoms with Gasteiger partial charge in [-0.2, -0.15) is 0 Å². The summed E-state index contributed by atoms with van der Waals surface area (Å²) in [6, 6.07) is 36.7. The van der Waals surface area contributed by atoms with Crippen molar-refractivity contribution in [2.45, 2.75) is 0 Å². The molecule has 0 radical (unpaired) electrons. The molecule has 5 heteroatoms. The maximum Gasteiger partial charge on any atom is 0.101 e. The Bertz CT molecular complexity index is 1820. The number of nitrogens with zero attached hydrogens (tertiary/aromatic N) is 1. The first-order valence-electron chi connectivity index (χ1n) is 11.4. The van der Waals surface area contributed by atoms with E-state index in [-0.39, 0.29) is 0 Å². The number of nitrogen functional groups attached to an aromatic ring is 1. The molecule has 0 atom stereocenters. The number of benzene rings is 3. The Morgan fingerprint density at radius 1 is 0.571 bits per heavy atom. The van der Waals surface area contributed by atoms with Crippen LogP contribution in [-0.4, -0.2) is 4.57 Å². The quantitative estimate of drug-likeness (QED) is 0.238. The van der Waals surface area contributed by atoms with Crippen molar-refractivity contribution in [3.8, 4) is 35.6 Å². The van der Waals surface area contributed by atoms with Gasteiger partial charge in [0.2, 0.25) is 0 Å². The summed E-state index contributed by atoms with van der Waals surface area (Å²) in [5.74, 6) is 0. The van der Waals surface area contributed by atoms with Gasteiger partial charge in [-0.25, -0.2) is 0 Å². The average Bonchev–Trinajstić information content (AvgIpc) is 3.69. The van der Waals surface area contributed by atoms with Gasteiger partial charge < -0.3 is 10.3 Å². The highest BCUT2D eigenvalue weighted by atomic mass is 32.1. The maximum absolute atomic E-state index is 6.32. The minimum absolute atomic E-state index is 0.798. The number of aromatic nitrogens is 1. The van der Waals surface area contributed by atoms with E-state index < -0.39 is 0 Å². The Hall–Kier alpha value is -3.64. The molecule has 0 amide bonds. The molecule has 0 aliphatic rings. The van der Waals surface area contributed by atoms with Crippen molar-refractivity contribution in [2.24, 2.45) is 0 Å². The van der Waals surface area contributed by atoms with Crippen molar-refractivity contribution in [1.29, 1.82) is 0 Å². The van der Waals surface area contributed by atoms with Crippen LogP contribution in [-0.2, 0) is 0 Å². The van der Waals surface area contributed by atoms with Gasteiger partial charge in [0.05, 0.1) is 11.0 Å². The zero-order valence-corrected chi connectivity index (χ0v) is 21.1. The number of thiophene rings is 3. The molecule has 2 nitrogen and oxygen atoms in total. The van der Waals surface area contributed by atoms with Gasteiger partial charge >= 0.3 is 0 Å². The number of rotatable bonds is 4. The molecule has 7 rings (SSSR count). The molecule has 4 heterocycles. The van der Waals surface area contributed by atoms with Crippen molar-refractivity contribution in [1.82, 2.24) is 4.57 Å². The molecule has 0 aliphatic carbocycles. The number of para-hydroxylation sites is 2. The Morgan fingerprint density at radius 3 is 2.17 bits per heavy atom. The molecule has 168 valence electrons. The lowest BCUT2D eigenvalue weighted by atomic mass is 10.0. The molecule has 7 aromatic rings. The highest BCUT2D eigenvalue weighted by Gasteiger charge is 2.16. The fraction of sp³-hybridized carbons (Fsp3) is 0. The van der Waals surface area contributed by atoms with Gasteiger partial charge in [0.15, 0.2) is 0 Å². The number of nitrogens with two attached hydrogens (primary N) is 1. The van der Waals surface area contributed by atoms with Crippen LogP contribution in [0.25, 0.3) is 57.4 Å². The number of anilines is 1. The molecule has 0 spiro atoms. The van der Waals surface area contributed by atoms with Crippen LogP contribution in [0.4, 0.5) is 5.69 Å². The molecule has 0 unspecified atom stereocenters. The van der Waals surface area contributed by atoms with Crippen molar-refractivity contribution in [2.75, 3.05) is 5.73 Å². The normalized spacial score (nSPS) is 11.5. The summed E-state index contributed by atoms with van der Waals surface area (Å²) in [7, 11) is 0. The van der Waals surface area contributed by atoms with E-state index in [9.17, 15) is 0 Å². The Kier molecular flexibility index (Phi) is 4.87. The van der Waals surface area contributed by atoms with E-state index in [4.69, 9.17) is 5.73 Å². The molecule has 4 aromatic heterocycles. The predicted octanol–water partition coefficient (Wildman–Crippen LogP) is 9.55. The van der Waals surface area contributed by atoms with Gasteiger partial charge in [0.25, 0.3) is 0 Å². The summed E-state index contributed by atoms with van der Waals surface area (Å²) < 4.78 is 2.40. The summed E-state index contributed by atoms with van der Waals surface area (Å²) in [6.07, 6.45) is 0. The molecule has 35 heavy (non-hydrogen) atoms. The lowest BCUT2D eigenvalue weighted by Crippen LogP contribution is -1.92. The number of hydrogen-bond acceptors (Lipinski definition) is 4. The van der Waals surface area contributed by atoms with Gasteiger partial charge in [-0.3, -0.25) is 0 Å². The second-order valence-electron chi connectivity index (χ2n) is 8.45. The van der Waals surface area contributed by atoms with Crippen LogP contribution in [0.15, 0.2) is 109 Å². The van der Waals surface area contributed by atoms with Crippen LogP contribution in [0.3, 0.4) is 0 Å². The lowest BCUT2D eigenvalue weighted by Gasteiger charge is -2.08. The fourth-order valence-corrected chi connectivity index (χ4v) is 7.70. The van der Waals surface area contributed by atoms with E-state index in [1.165, 1.54) is 46.3 Å². The van der Waals surface area contributed by atoms with E-state index in [0.717, 1.165) is 16.8 Å². The Morgan fingerprint density at radius 2 is 1.31 bits per heavy atom. The summed E-state index contributed by atoms with van der Waals surface area (Å²) in [5, 5.41) is 5.87. The average molecular weight is 505 g/mol. The summed E-state index contributed by atoms with van der Waals surface area (Å²) in [6.45, 7) is 0. The van der Waals surface area contributed by atoms with Crippen molar-refractivity contribution in [3.63, 3.8) is 0 Å². The van der Waals surface area contributed by atoms with Crippen molar-refractivity contribution >= 4 is 61.5 Å². The molecule has 2 N–H and O–H groups in total. The van der Waals surface area contributed by atoms with E-state index >= 15 is 0 Å². The standard InChI is InChI=1S/C30H20N2S3/c31-23-8-3-1-6-20(23)19-11-12-22-21-7-2-4-9-24(21)32(25(22)18-19)30-16-15-29(35-30)28-14-13-27(34-28)26-10-5-17-33-26/h1-18H,31H2. The Balaban J connectivity index is 1.40. The molecule has 0 aliphatic heterocycles. The molecular formula is C30H20N2S3. The summed E-state index contributed by atoms with van der Waals surface area (Å²) in [5.41, 5.74) is 11.7. The van der Waals surface area contributed by atoms with Crippen LogP contribution in [0, 0.1) is 0 Å². The molecule has 0 saturated heterocycles. The summed E-state index contributed by atoms with van der Waals surface area (Å²) in [4.78, 5) is 5.26. The van der Waals surface area contributed by atoms with Gasteiger partial charge in [-0.1, -0.05) is 54.6 Å². The monoisotopic (exact) mass is 504 g/mol. The molecule has 0 saturated carbocycles. The second kappa shape index (κ2) is 8.24.